The van der Waals surface area contributed by atoms with Crippen molar-refractivity contribution in [1.82, 2.24) is 4.72 Å². The number of alkyl halides is 1. The maximum Gasteiger partial charge on any atom is 0.241 e. The summed E-state index contributed by atoms with van der Waals surface area (Å²) in [5.74, 6) is -0.100. The van der Waals surface area contributed by atoms with Crippen molar-refractivity contribution in [2.24, 2.45) is 5.92 Å². The van der Waals surface area contributed by atoms with Crippen LogP contribution in [0.15, 0.2) is 23.1 Å². The molecule has 2 atom stereocenters. The first-order valence-corrected chi connectivity index (χ1v) is 9.39. The lowest BCUT2D eigenvalue weighted by Gasteiger charge is -2.30. The number of halogens is 2. The highest BCUT2D eigenvalue weighted by Crippen LogP contribution is 2.27. The molecule has 1 N–H and O–H groups in total. The number of rotatable bonds is 4. The largest absolute Gasteiger partial charge is 0.241 e. The second kappa shape index (κ2) is 6.54. The van der Waals surface area contributed by atoms with Gasteiger partial charge in [0.15, 0.2) is 0 Å². The summed E-state index contributed by atoms with van der Waals surface area (Å²) in [5, 5.41) is 0.794. The van der Waals surface area contributed by atoms with Crippen molar-refractivity contribution in [3.8, 4) is 0 Å². The van der Waals surface area contributed by atoms with E-state index >= 15 is 0 Å². The van der Waals surface area contributed by atoms with Gasteiger partial charge in [0, 0.05) is 11.4 Å². The van der Waals surface area contributed by atoms with Crippen molar-refractivity contribution in [2.75, 3.05) is 5.33 Å². The molecule has 0 aromatic heterocycles. The average molecular weight is 364 g/mol. The van der Waals surface area contributed by atoms with Gasteiger partial charge in [0.1, 0.15) is 5.82 Å². The van der Waals surface area contributed by atoms with Crippen molar-refractivity contribution in [1.29, 1.82) is 0 Å². The van der Waals surface area contributed by atoms with E-state index in [1.807, 2.05) is 0 Å². The lowest BCUT2D eigenvalue weighted by molar-refractivity contribution is 0.316. The molecule has 1 aromatic rings. The number of benzene rings is 1. The zero-order valence-electron chi connectivity index (χ0n) is 11.4. The van der Waals surface area contributed by atoms with Gasteiger partial charge in [-0.05, 0) is 49.4 Å². The molecular formula is C14H19BrFNO2S. The predicted octanol–water partition coefficient (Wildman–Crippen LogP) is 3.37. The summed E-state index contributed by atoms with van der Waals surface area (Å²) < 4.78 is 40.8. The summed E-state index contributed by atoms with van der Waals surface area (Å²) in [6.07, 6.45) is 4.07. The Kier molecular flexibility index (Phi) is 5.20. The van der Waals surface area contributed by atoms with Crippen molar-refractivity contribution < 1.29 is 12.8 Å². The van der Waals surface area contributed by atoms with Crippen LogP contribution >= 0.6 is 15.9 Å². The molecule has 2 rings (SSSR count). The van der Waals surface area contributed by atoms with E-state index in [9.17, 15) is 12.8 Å². The predicted molar refractivity (Wildman–Crippen MR) is 81.0 cm³/mol. The molecule has 20 heavy (non-hydrogen) atoms. The fourth-order valence-electron chi connectivity index (χ4n) is 2.72. The highest BCUT2D eigenvalue weighted by atomic mass is 79.9. The summed E-state index contributed by atoms with van der Waals surface area (Å²) in [5.41, 5.74) is 0.434. The monoisotopic (exact) mass is 363 g/mol. The molecule has 1 aliphatic rings. The first-order valence-electron chi connectivity index (χ1n) is 6.78. The SMILES string of the molecule is Cc1cc(F)ccc1S(=O)(=O)NC1CCCCC1CBr. The smallest absolute Gasteiger partial charge is 0.208 e. The Bertz CT molecular complexity index is 577. The molecule has 1 aromatic carbocycles. The minimum Gasteiger partial charge on any atom is -0.208 e. The van der Waals surface area contributed by atoms with E-state index in [0.717, 1.165) is 31.0 Å². The molecule has 112 valence electrons. The summed E-state index contributed by atoms with van der Waals surface area (Å²) >= 11 is 3.45. The van der Waals surface area contributed by atoms with Gasteiger partial charge in [0.2, 0.25) is 10.0 Å². The molecule has 0 heterocycles. The summed E-state index contributed by atoms with van der Waals surface area (Å²) in [6.45, 7) is 1.61. The van der Waals surface area contributed by atoms with Gasteiger partial charge in [-0.25, -0.2) is 17.5 Å². The average Bonchev–Trinajstić information content (AvgIpc) is 2.38. The Balaban J connectivity index is 2.22. The van der Waals surface area contributed by atoms with Crippen LogP contribution in [0, 0.1) is 18.7 Å². The van der Waals surface area contributed by atoms with Crippen LogP contribution in [-0.2, 0) is 10.0 Å². The lowest BCUT2D eigenvalue weighted by Crippen LogP contribution is -2.42. The maximum absolute atomic E-state index is 13.1. The molecule has 2 unspecified atom stereocenters. The Morgan fingerprint density at radius 1 is 1.35 bits per heavy atom. The third-order valence-electron chi connectivity index (χ3n) is 3.84. The Labute approximate surface area is 128 Å². The molecule has 0 radical (unpaired) electrons. The van der Waals surface area contributed by atoms with E-state index in [1.54, 1.807) is 6.92 Å². The molecule has 6 heteroatoms. The molecular weight excluding hydrogens is 345 g/mol. The molecule has 1 saturated carbocycles. The fourth-order valence-corrected chi connectivity index (χ4v) is 5.07. The normalized spacial score (nSPS) is 23.8. The van der Waals surface area contributed by atoms with Crippen molar-refractivity contribution in [3.05, 3.63) is 29.6 Å². The van der Waals surface area contributed by atoms with Crippen molar-refractivity contribution >= 4 is 26.0 Å². The van der Waals surface area contributed by atoms with Crippen LogP contribution in [-0.4, -0.2) is 19.8 Å². The third kappa shape index (κ3) is 3.59. The Hall–Kier alpha value is -0.460. The van der Waals surface area contributed by atoms with E-state index in [0.29, 0.717) is 11.5 Å². The Morgan fingerprint density at radius 2 is 2.05 bits per heavy atom. The Morgan fingerprint density at radius 3 is 2.70 bits per heavy atom. The van der Waals surface area contributed by atoms with Gasteiger partial charge in [-0.15, -0.1) is 0 Å². The van der Waals surface area contributed by atoms with E-state index < -0.39 is 15.8 Å². The number of sulfonamides is 1. The summed E-state index contributed by atoms with van der Waals surface area (Å²) in [4.78, 5) is 0.165. The summed E-state index contributed by atoms with van der Waals surface area (Å²) in [7, 11) is -3.59. The van der Waals surface area contributed by atoms with Crippen LogP contribution in [0.3, 0.4) is 0 Å². The van der Waals surface area contributed by atoms with E-state index in [2.05, 4.69) is 20.7 Å². The molecule has 0 aliphatic heterocycles. The van der Waals surface area contributed by atoms with Gasteiger partial charge in [0.25, 0.3) is 0 Å². The van der Waals surface area contributed by atoms with Gasteiger partial charge in [-0.2, -0.15) is 0 Å². The highest BCUT2D eigenvalue weighted by Gasteiger charge is 2.29. The number of hydrogen-bond donors (Lipinski definition) is 1. The van der Waals surface area contributed by atoms with Crippen LogP contribution in [0.5, 0.6) is 0 Å². The van der Waals surface area contributed by atoms with E-state index in [-0.39, 0.29) is 10.9 Å². The second-order valence-electron chi connectivity index (χ2n) is 5.34. The quantitative estimate of drug-likeness (QED) is 0.833. The first-order chi connectivity index (χ1) is 9.44. The third-order valence-corrected chi connectivity index (χ3v) is 6.32. The van der Waals surface area contributed by atoms with Gasteiger partial charge < -0.3 is 0 Å². The van der Waals surface area contributed by atoms with Crippen molar-refractivity contribution in [3.63, 3.8) is 0 Å². The van der Waals surface area contributed by atoms with Gasteiger partial charge in [-0.1, -0.05) is 28.8 Å². The number of hydrogen-bond acceptors (Lipinski definition) is 2. The lowest BCUT2D eigenvalue weighted by atomic mass is 9.87. The van der Waals surface area contributed by atoms with Crippen LogP contribution in [0.1, 0.15) is 31.2 Å². The molecule has 1 aliphatic carbocycles. The van der Waals surface area contributed by atoms with E-state index in [1.165, 1.54) is 18.2 Å². The van der Waals surface area contributed by atoms with Crippen molar-refractivity contribution in [2.45, 2.75) is 43.5 Å². The summed E-state index contributed by atoms with van der Waals surface area (Å²) in [6, 6.07) is 3.72. The van der Waals surface area contributed by atoms with Gasteiger partial charge in [0.05, 0.1) is 4.90 Å². The van der Waals surface area contributed by atoms with Gasteiger partial charge >= 0.3 is 0 Å². The molecule has 0 saturated heterocycles. The minimum atomic E-state index is -3.59. The van der Waals surface area contributed by atoms with Crippen LogP contribution in [0.2, 0.25) is 0 Å². The minimum absolute atomic E-state index is 0.0439. The van der Waals surface area contributed by atoms with Crippen LogP contribution in [0.25, 0.3) is 0 Å². The zero-order chi connectivity index (χ0) is 14.8. The first kappa shape index (κ1) is 15.9. The van der Waals surface area contributed by atoms with E-state index in [4.69, 9.17) is 0 Å². The number of aryl methyl sites for hydroxylation is 1. The fraction of sp³-hybridized carbons (Fsp3) is 0.571. The number of nitrogens with one attached hydrogen (secondary N) is 1. The maximum atomic E-state index is 13.1. The van der Waals surface area contributed by atoms with Crippen LogP contribution in [0.4, 0.5) is 4.39 Å². The molecule has 3 nitrogen and oxygen atoms in total. The molecule has 0 bridgehead atoms. The topological polar surface area (TPSA) is 46.2 Å². The molecule has 1 fully saturated rings. The zero-order valence-corrected chi connectivity index (χ0v) is 13.8. The van der Waals surface area contributed by atoms with Crippen LogP contribution < -0.4 is 4.72 Å². The molecule has 0 spiro atoms. The van der Waals surface area contributed by atoms with Gasteiger partial charge in [-0.3, -0.25) is 0 Å². The highest BCUT2D eigenvalue weighted by molar-refractivity contribution is 9.09. The standard InChI is InChI=1S/C14H19BrFNO2S/c1-10-8-12(16)6-7-14(10)20(18,19)17-13-5-3-2-4-11(13)9-15/h6-8,11,13,17H,2-5,9H2,1H3. The molecule has 0 amide bonds. The second-order valence-corrected chi connectivity index (χ2v) is 7.67.